The third-order valence-electron chi connectivity index (χ3n) is 2.45. The second-order valence-corrected chi connectivity index (χ2v) is 6.53. The van der Waals surface area contributed by atoms with E-state index in [2.05, 4.69) is 4.98 Å². The number of nitrogen functional groups attached to an aromatic ring is 1. The minimum Gasteiger partial charge on any atom is -0.398 e. The maximum absolute atomic E-state index is 12.0. The fourth-order valence-corrected chi connectivity index (χ4v) is 1.98. The summed E-state index contributed by atoms with van der Waals surface area (Å²) in [7, 11) is -1.56. The number of rotatable bonds is 4. The van der Waals surface area contributed by atoms with E-state index in [9.17, 15) is 13.2 Å². The van der Waals surface area contributed by atoms with Crippen LogP contribution >= 0.6 is 0 Å². The number of aryl methyl sites for hydroxylation is 1. The Labute approximate surface area is 107 Å². The van der Waals surface area contributed by atoms with E-state index < -0.39 is 9.84 Å². The van der Waals surface area contributed by atoms with Crippen molar-refractivity contribution in [3.05, 3.63) is 23.5 Å². The van der Waals surface area contributed by atoms with E-state index in [-0.39, 0.29) is 23.8 Å². The SMILES string of the molecule is Cc1cc(N)c(C(=O)N(C)CCS(C)(=O)=O)cn1. The molecule has 0 aromatic carbocycles. The van der Waals surface area contributed by atoms with Gasteiger partial charge in [0.2, 0.25) is 0 Å². The van der Waals surface area contributed by atoms with Gasteiger partial charge in [0.05, 0.1) is 11.3 Å². The van der Waals surface area contributed by atoms with Crippen molar-refractivity contribution in [3.63, 3.8) is 0 Å². The molecule has 0 spiro atoms. The molecule has 0 aliphatic rings. The molecular formula is C11H17N3O3S. The smallest absolute Gasteiger partial charge is 0.257 e. The summed E-state index contributed by atoms with van der Waals surface area (Å²) in [6.45, 7) is 1.91. The van der Waals surface area contributed by atoms with Crippen molar-refractivity contribution in [2.45, 2.75) is 6.92 Å². The van der Waals surface area contributed by atoms with E-state index >= 15 is 0 Å². The maximum Gasteiger partial charge on any atom is 0.257 e. The summed E-state index contributed by atoms with van der Waals surface area (Å²) in [5.41, 5.74) is 7.10. The van der Waals surface area contributed by atoms with Crippen molar-refractivity contribution < 1.29 is 13.2 Å². The highest BCUT2D eigenvalue weighted by molar-refractivity contribution is 7.90. The highest BCUT2D eigenvalue weighted by Crippen LogP contribution is 2.13. The Morgan fingerprint density at radius 1 is 1.50 bits per heavy atom. The fourth-order valence-electron chi connectivity index (χ4n) is 1.37. The van der Waals surface area contributed by atoms with Crippen molar-refractivity contribution in [3.8, 4) is 0 Å². The van der Waals surface area contributed by atoms with Gasteiger partial charge in [-0.3, -0.25) is 9.78 Å². The molecule has 1 amide bonds. The lowest BCUT2D eigenvalue weighted by Crippen LogP contribution is -2.32. The lowest BCUT2D eigenvalue weighted by molar-refractivity contribution is 0.0804. The molecule has 0 saturated heterocycles. The molecule has 100 valence electrons. The first-order chi connectivity index (χ1) is 8.20. The average Bonchev–Trinajstić information content (AvgIpc) is 2.24. The number of sulfone groups is 1. The number of hydrogen-bond donors (Lipinski definition) is 1. The zero-order chi connectivity index (χ0) is 13.9. The van der Waals surface area contributed by atoms with E-state index in [0.717, 1.165) is 11.9 Å². The van der Waals surface area contributed by atoms with Gasteiger partial charge in [0.1, 0.15) is 9.84 Å². The van der Waals surface area contributed by atoms with Crippen molar-refractivity contribution in [1.82, 2.24) is 9.88 Å². The van der Waals surface area contributed by atoms with Crippen LogP contribution in [0.15, 0.2) is 12.3 Å². The lowest BCUT2D eigenvalue weighted by atomic mass is 10.2. The summed E-state index contributed by atoms with van der Waals surface area (Å²) >= 11 is 0. The number of aromatic nitrogens is 1. The van der Waals surface area contributed by atoms with Crippen LogP contribution in [0.1, 0.15) is 16.1 Å². The summed E-state index contributed by atoms with van der Waals surface area (Å²) in [6.07, 6.45) is 2.54. The summed E-state index contributed by atoms with van der Waals surface area (Å²) < 4.78 is 22.1. The Bertz CT molecular complexity index is 555. The molecule has 1 heterocycles. The van der Waals surface area contributed by atoms with Crippen LogP contribution in [0.4, 0.5) is 5.69 Å². The Balaban J connectivity index is 2.80. The van der Waals surface area contributed by atoms with Crippen LogP contribution in [0.2, 0.25) is 0 Å². The van der Waals surface area contributed by atoms with E-state index in [1.165, 1.54) is 18.1 Å². The van der Waals surface area contributed by atoms with Gasteiger partial charge in [-0.2, -0.15) is 0 Å². The number of carbonyl (C=O) groups excluding carboxylic acids is 1. The van der Waals surface area contributed by atoms with Crippen LogP contribution in [0.3, 0.4) is 0 Å². The molecule has 6 nitrogen and oxygen atoms in total. The second kappa shape index (κ2) is 5.34. The predicted molar refractivity (Wildman–Crippen MR) is 70.1 cm³/mol. The summed E-state index contributed by atoms with van der Waals surface area (Å²) in [5, 5.41) is 0. The molecule has 0 aliphatic carbocycles. The van der Waals surface area contributed by atoms with Gasteiger partial charge in [0.25, 0.3) is 5.91 Å². The van der Waals surface area contributed by atoms with Crippen LogP contribution in [-0.2, 0) is 9.84 Å². The van der Waals surface area contributed by atoms with Crippen LogP contribution < -0.4 is 5.73 Å². The number of carbonyl (C=O) groups is 1. The van der Waals surface area contributed by atoms with Gasteiger partial charge < -0.3 is 10.6 Å². The monoisotopic (exact) mass is 271 g/mol. The highest BCUT2D eigenvalue weighted by atomic mass is 32.2. The third-order valence-corrected chi connectivity index (χ3v) is 3.37. The molecule has 1 aromatic heterocycles. The number of nitrogens with zero attached hydrogens (tertiary/aromatic N) is 2. The highest BCUT2D eigenvalue weighted by Gasteiger charge is 2.16. The van der Waals surface area contributed by atoms with E-state index in [1.54, 1.807) is 13.0 Å². The summed E-state index contributed by atoms with van der Waals surface area (Å²) in [6, 6.07) is 1.61. The maximum atomic E-state index is 12.0. The fraction of sp³-hybridized carbons (Fsp3) is 0.455. The van der Waals surface area contributed by atoms with Gasteiger partial charge in [-0.25, -0.2) is 8.42 Å². The molecule has 0 bridgehead atoms. The van der Waals surface area contributed by atoms with Crippen LogP contribution in [-0.4, -0.2) is 49.8 Å². The van der Waals surface area contributed by atoms with Crippen LogP contribution in [0.25, 0.3) is 0 Å². The molecule has 0 saturated carbocycles. The Kier molecular flexibility index (Phi) is 4.28. The zero-order valence-electron chi connectivity index (χ0n) is 10.7. The first kappa shape index (κ1) is 14.4. The first-order valence-corrected chi connectivity index (χ1v) is 7.42. The zero-order valence-corrected chi connectivity index (χ0v) is 11.5. The van der Waals surface area contributed by atoms with E-state index in [1.807, 2.05) is 0 Å². The third kappa shape index (κ3) is 3.99. The van der Waals surface area contributed by atoms with Gasteiger partial charge in [-0.15, -0.1) is 0 Å². The number of amides is 1. The lowest BCUT2D eigenvalue weighted by Gasteiger charge is -2.17. The Morgan fingerprint density at radius 2 is 2.11 bits per heavy atom. The summed E-state index contributed by atoms with van der Waals surface area (Å²) in [5.74, 6) is -0.405. The normalized spacial score (nSPS) is 11.3. The molecule has 1 rings (SSSR count). The van der Waals surface area contributed by atoms with Crippen LogP contribution in [0, 0.1) is 6.92 Å². The molecule has 0 atom stereocenters. The molecule has 0 aliphatic heterocycles. The van der Waals surface area contributed by atoms with E-state index in [4.69, 9.17) is 5.73 Å². The topological polar surface area (TPSA) is 93.4 Å². The number of hydrogen-bond acceptors (Lipinski definition) is 5. The van der Waals surface area contributed by atoms with Gasteiger partial charge in [0.15, 0.2) is 0 Å². The quantitative estimate of drug-likeness (QED) is 0.837. The number of nitrogens with two attached hydrogens (primary N) is 1. The van der Waals surface area contributed by atoms with Gasteiger partial charge in [0, 0.05) is 37.4 Å². The standard InChI is InChI=1S/C11H17N3O3S/c1-8-6-10(12)9(7-13-8)11(15)14(2)4-5-18(3,16)17/h6-7H,4-5H2,1-3H3,(H2,12,13). The molecule has 18 heavy (non-hydrogen) atoms. The molecule has 7 heteroatoms. The van der Waals surface area contributed by atoms with Crippen molar-refractivity contribution in [2.75, 3.05) is 31.3 Å². The number of anilines is 1. The number of pyridine rings is 1. The van der Waals surface area contributed by atoms with Crippen molar-refractivity contribution in [2.24, 2.45) is 0 Å². The van der Waals surface area contributed by atoms with Gasteiger partial charge in [-0.05, 0) is 13.0 Å². The second-order valence-electron chi connectivity index (χ2n) is 4.27. The molecule has 0 radical (unpaired) electrons. The van der Waals surface area contributed by atoms with Gasteiger partial charge >= 0.3 is 0 Å². The minimum atomic E-state index is -3.09. The molecule has 1 aromatic rings. The average molecular weight is 271 g/mol. The van der Waals surface area contributed by atoms with Crippen molar-refractivity contribution >= 4 is 21.4 Å². The first-order valence-electron chi connectivity index (χ1n) is 5.36. The Morgan fingerprint density at radius 3 is 2.61 bits per heavy atom. The Hall–Kier alpha value is -1.63. The molecule has 0 unspecified atom stereocenters. The minimum absolute atomic E-state index is 0.0750. The van der Waals surface area contributed by atoms with Crippen molar-refractivity contribution in [1.29, 1.82) is 0 Å². The molecule has 0 fully saturated rings. The van der Waals surface area contributed by atoms with E-state index in [0.29, 0.717) is 5.69 Å². The summed E-state index contributed by atoms with van der Waals surface area (Å²) in [4.78, 5) is 17.3. The largest absolute Gasteiger partial charge is 0.398 e. The molecular weight excluding hydrogens is 254 g/mol. The van der Waals surface area contributed by atoms with Gasteiger partial charge in [-0.1, -0.05) is 0 Å². The van der Waals surface area contributed by atoms with Crippen LogP contribution in [0.5, 0.6) is 0 Å². The molecule has 2 N–H and O–H groups in total. The predicted octanol–water partition coefficient (Wildman–Crippen LogP) is 0.0888.